The monoisotopic (exact) mass is 406 g/mol. The van der Waals surface area contributed by atoms with E-state index in [-0.39, 0.29) is 5.82 Å². The summed E-state index contributed by atoms with van der Waals surface area (Å²) in [5.74, 6) is 0.950. The highest BCUT2D eigenvalue weighted by Crippen LogP contribution is 2.33. The molecule has 2 aliphatic rings. The van der Waals surface area contributed by atoms with Crippen LogP contribution in [0.1, 0.15) is 18.7 Å². The maximum absolute atomic E-state index is 13.3. The summed E-state index contributed by atoms with van der Waals surface area (Å²) in [6, 6.07) is 10.4. The molecular formula is C23H23FN4O2. The lowest BCUT2D eigenvalue weighted by atomic mass is 10.0. The molecule has 0 amide bonds. The molecule has 4 heterocycles. The van der Waals surface area contributed by atoms with Gasteiger partial charge in [0.25, 0.3) is 0 Å². The number of halogens is 1. The van der Waals surface area contributed by atoms with Gasteiger partial charge in [0.1, 0.15) is 17.5 Å². The van der Waals surface area contributed by atoms with Crippen molar-refractivity contribution < 1.29 is 13.9 Å². The van der Waals surface area contributed by atoms with Crippen molar-refractivity contribution in [3.63, 3.8) is 0 Å². The van der Waals surface area contributed by atoms with E-state index in [0.29, 0.717) is 19.0 Å². The summed E-state index contributed by atoms with van der Waals surface area (Å²) in [6.45, 7) is 4.90. The highest BCUT2D eigenvalue weighted by Gasteiger charge is 2.40. The predicted molar refractivity (Wildman–Crippen MR) is 111 cm³/mol. The van der Waals surface area contributed by atoms with E-state index in [0.717, 1.165) is 54.1 Å². The minimum Gasteiger partial charge on any atom is -0.356 e. The molecule has 2 fully saturated rings. The summed E-state index contributed by atoms with van der Waals surface area (Å²) in [6.07, 6.45) is 5.22. The van der Waals surface area contributed by atoms with Crippen molar-refractivity contribution in [2.75, 3.05) is 31.2 Å². The molecule has 154 valence electrons. The maximum Gasteiger partial charge on any atom is 0.171 e. The Bertz CT molecular complexity index is 1040. The Morgan fingerprint density at radius 2 is 1.60 bits per heavy atom. The minimum atomic E-state index is -0.408. The van der Waals surface area contributed by atoms with Crippen LogP contribution in [0.25, 0.3) is 22.4 Å². The molecule has 0 unspecified atom stereocenters. The van der Waals surface area contributed by atoms with Crippen LogP contribution in [0.4, 0.5) is 10.2 Å². The third-order valence-corrected chi connectivity index (χ3v) is 5.70. The molecule has 1 spiro atoms. The summed E-state index contributed by atoms with van der Waals surface area (Å²) in [5.41, 5.74) is 3.55. The molecule has 7 heteroatoms. The zero-order valence-electron chi connectivity index (χ0n) is 16.8. The quantitative estimate of drug-likeness (QED) is 0.655. The zero-order chi connectivity index (χ0) is 20.6. The summed E-state index contributed by atoms with van der Waals surface area (Å²) >= 11 is 0. The molecule has 0 N–H and O–H groups in total. The number of ether oxygens (including phenoxy) is 2. The van der Waals surface area contributed by atoms with Gasteiger partial charge in [-0.05, 0) is 30.7 Å². The van der Waals surface area contributed by atoms with E-state index < -0.39 is 5.79 Å². The highest BCUT2D eigenvalue weighted by molar-refractivity contribution is 5.71. The van der Waals surface area contributed by atoms with Gasteiger partial charge in [0.05, 0.1) is 18.9 Å². The first-order chi connectivity index (χ1) is 14.6. The van der Waals surface area contributed by atoms with Crippen LogP contribution >= 0.6 is 0 Å². The first kappa shape index (κ1) is 19.1. The van der Waals surface area contributed by atoms with E-state index in [1.165, 1.54) is 12.1 Å². The topological polar surface area (TPSA) is 60.4 Å². The standard InChI is InChI=1S/C23H23FN4O2/c1-16-26-21(19-12-18(14-25-15-19)17-2-4-20(24)5-3-17)13-22(27-16)28-8-6-23(7-9-28)29-10-11-30-23/h2-5,12-15H,6-11H2,1H3. The van der Waals surface area contributed by atoms with Gasteiger partial charge in [-0.15, -0.1) is 0 Å². The van der Waals surface area contributed by atoms with Gasteiger partial charge in [-0.3, -0.25) is 4.98 Å². The summed E-state index contributed by atoms with van der Waals surface area (Å²) in [7, 11) is 0. The fraction of sp³-hybridized carbons (Fsp3) is 0.348. The van der Waals surface area contributed by atoms with Gasteiger partial charge < -0.3 is 14.4 Å². The first-order valence-electron chi connectivity index (χ1n) is 10.2. The number of pyridine rings is 1. The molecule has 0 atom stereocenters. The number of anilines is 1. The van der Waals surface area contributed by atoms with Gasteiger partial charge in [-0.1, -0.05) is 12.1 Å². The van der Waals surface area contributed by atoms with Gasteiger partial charge in [0, 0.05) is 55.5 Å². The van der Waals surface area contributed by atoms with Crippen molar-refractivity contribution in [1.29, 1.82) is 0 Å². The number of nitrogens with zero attached hydrogens (tertiary/aromatic N) is 4. The second-order valence-corrected chi connectivity index (χ2v) is 7.72. The van der Waals surface area contributed by atoms with E-state index >= 15 is 0 Å². The minimum absolute atomic E-state index is 0.254. The fourth-order valence-corrected chi connectivity index (χ4v) is 4.10. The van der Waals surface area contributed by atoms with Crippen LogP contribution in [0.2, 0.25) is 0 Å². The Balaban J connectivity index is 1.41. The molecule has 30 heavy (non-hydrogen) atoms. The molecule has 2 aromatic heterocycles. The SMILES string of the molecule is Cc1nc(-c2cncc(-c3ccc(F)cc3)c2)cc(N2CCC3(CC2)OCCO3)n1. The van der Waals surface area contributed by atoms with E-state index in [4.69, 9.17) is 9.47 Å². The number of hydrogen-bond acceptors (Lipinski definition) is 6. The lowest BCUT2D eigenvalue weighted by molar-refractivity contribution is -0.169. The third kappa shape index (κ3) is 3.78. The normalized spacial score (nSPS) is 18.1. The molecule has 6 nitrogen and oxygen atoms in total. The number of hydrogen-bond donors (Lipinski definition) is 0. The summed E-state index contributed by atoms with van der Waals surface area (Å²) < 4.78 is 24.9. The maximum atomic E-state index is 13.3. The molecule has 2 aliphatic heterocycles. The Labute approximate surface area is 174 Å². The van der Waals surface area contributed by atoms with E-state index in [1.807, 2.05) is 19.1 Å². The highest BCUT2D eigenvalue weighted by atomic mass is 19.1. The average Bonchev–Trinajstić information content (AvgIpc) is 3.22. The fourth-order valence-electron chi connectivity index (χ4n) is 4.10. The molecule has 5 rings (SSSR count). The molecule has 3 aromatic rings. The second-order valence-electron chi connectivity index (χ2n) is 7.72. The van der Waals surface area contributed by atoms with Crippen molar-refractivity contribution in [3.8, 4) is 22.4 Å². The van der Waals surface area contributed by atoms with Crippen LogP contribution in [0, 0.1) is 12.7 Å². The summed E-state index contributed by atoms with van der Waals surface area (Å²) in [5, 5.41) is 0. The van der Waals surface area contributed by atoms with Crippen LogP contribution in [0.15, 0.2) is 48.8 Å². The number of rotatable bonds is 3. The molecule has 0 saturated carbocycles. The zero-order valence-corrected chi connectivity index (χ0v) is 16.8. The Morgan fingerprint density at radius 3 is 2.33 bits per heavy atom. The van der Waals surface area contributed by atoms with Crippen molar-refractivity contribution in [1.82, 2.24) is 15.0 Å². The van der Waals surface area contributed by atoms with Gasteiger partial charge in [-0.25, -0.2) is 14.4 Å². The van der Waals surface area contributed by atoms with E-state index in [9.17, 15) is 4.39 Å². The second kappa shape index (κ2) is 7.74. The molecule has 2 saturated heterocycles. The number of benzene rings is 1. The first-order valence-corrected chi connectivity index (χ1v) is 10.2. The van der Waals surface area contributed by atoms with Crippen LogP contribution in [-0.4, -0.2) is 47.0 Å². The lowest BCUT2D eigenvalue weighted by Crippen LogP contribution is -2.45. The third-order valence-electron chi connectivity index (χ3n) is 5.70. The molecule has 0 bridgehead atoms. The Morgan fingerprint density at radius 1 is 0.900 bits per heavy atom. The number of aromatic nitrogens is 3. The van der Waals surface area contributed by atoms with E-state index in [2.05, 4.69) is 19.9 Å². The van der Waals surface area contributed by atoms with Crippen molar-refractivity contribution >= 4 is 5.82 Å². The largest absolute Gasteiger partial charge is 0.356 e. The van der Waals surface area contributed by atoms with Crippen molar-refractivity contribution in [2.45, 2.75) is 25.6 Å². The Hall–Kier alpha value is -2.90. The van der Waals surface area contributed by atoms with Gasteiger partial charge >= 0.3 is 0 Å². The van der Waals surface area contributed by atoms with Gasteiger partial charge in [0.2, 0.25) is 0 Å². The van der Waals surface area contributed by atoms with Crippen LogP contribution in [0.5, 0.6) is 0 Å². The van der Waals surface area contributed by atoms with Crippen LogP contribution in [0.3, 0.4) is 0 Å². The van der Waals surface area contributed by atoms with Crippen LogP contribution < -0.4 is 4.90 Å². The van der Waals surface area contributed by atoms with Crippen LogP contribution in [-0.2, 0) is 9.47 Å². The predicted octanol–water partition coefficient (Wildman–Crippen LogP) is 4.00. The molecule has 1 aromatic carbocycles. The van der Waals surface area contributed by atoms with Crippen molar-refractivity contribution in [3.05, 3.63) is 60.4 Å². The van der Waals surface area contributed by atoms with Crippen molar-refractivity contribution in [2.24, 2.45) is 0 Å². The smallest absolute Gasteiger partial charge is 0.171 e. The van der Waals surface area contributed by atoms with Gasteiger partial charge in [0.15, 0.2) is 5.79 Å². The lowest BCUT2D eigenvalue weighted by Gasteiger charge is -2.38. The molecular weight excluding hydrogens is 383 g/mol. The molecule has 0 radical (unpaired) electrons. The molecule has 0 aliphatic carbocycles. The summed E-state index contributed by atoms with van der Waals surface area (Å²) in [4.78, 5) is 15.9. The number of aryl methyl sites for hydroxylation is 1. The van der Waals surface area contributed by atoms with Gasteiger partial charge in [-0.2, -0.15) is 0 Å². The average molecular weight is 406 g/mol. The number of piperidine rings is 1. The Kier molecular flexibility index (Phi) is 4.92. The van der Waals surface area contributed by atoms with E-state index in [1.54, 1.807) is 24.5 Å².